The van der Waals surface area contributed by atoms with Crippen LogP contribution in [0.15, 0.2) is 41.8 Å². The zero-order valence-electron chi connectivity index (χ0n) is 15.1. The number of carbonyl (C=O) groups excluding carboxylic acids is 2. The second kappa shape index (κ2) is 8.27. The zero-order chi connectivity index (χ0) is 18.5. The topological polar surface area (TPSA) is 53.5 Å². The Bertz CT molecular complexity index is 800. The lowest BCUT2D eigenvalue weighted by molar-refractivity contribution is -0.127. The summed E-state index contributed by atoms with van der Waals surface area (Å²) < 4.78 is 0. The lowest BCUT2D eigenvalue weighted by Gasteiger charge is -2.30. The fourth-order valence-electron chi connectivity index (χ4n) is 3.11. The van der Waals surface area contributed by atoms with Crippen LogP contribution in [0, 0.1) is 5.92 Å². The molecule has 1 fully saturated rings. The first-order chi connectivity index (χ1) is 12.5. The van der Waals surface area contributed by atoms with E-state index < -0.39 is 0 Å². The van der Waals surface area contributed by atoms with Crippen molar-refractivity contribution in [2.45, 2.75) is 26.7 Å². The summed E-state index contributed by atoms with van der Waals surface area (Å²) in [6.45, 7) is 5.33. The average Bonchev–Trinajstić information content (AvgIpc) is 3.09. The fourth-order valence-corrected chi connectivity index (χ4v) is 3.97. The summed E-state index contributed by atoms with van der Waals surface area (Å²) in [5, 5.41) is 2.46. The van der Waals surface area contributed by atoms with Crippen molar-refractivity contribution in [2.24, 2.45) is 5.92 Å². The molecule has 26 heavy (non-hydrogen) atoms. The van der Waals surface area contributed by atoms with Gasteiger partial charge >= 0.3 is 0 Å². The first-order valence-corrected chi connectivity index (χ1v) is 9.71. The normalized spacial score (nSPS) is 17.5. The largest absolute Gasteiger partial charge is 0.339 e. The van der Waals surface area contributed by atoms with Crippen molar-refractivity contribution in [1.29, 1.82) is 0 Å². The second-order valence-corrected chi connectivity index (χ2v) is 7.45. The monoisotopic (exact) mass is 369 g/mol. The number of hydrogen-bond donors (Lipinski definition) is 0. The van der Waals surface area contributed by atoms with E-state index in [4.69, 9.17) is 0 Å². The molecule has 0 aliphatic carbocycles. The van der Waals surface area contributed by atoms with E-state index in [1.54, 1.807) is 17.1 Å². The maximum absolute atomic E-state index is 12.3. The number of rotatable bonds is 4. The first kappa shape index (κ1) is 18.3. The number of anilines is 2. The lowest BCUT2D eigenvalue weighted by atomic mass is 10.0. The predicted molar refractivity (Wildman–Crippen MR) is 105 cm³/mol. The molecular weight excluding hydrogens is 346 g/mol. The van der Waals surface area contributed by atoms with Crippen molar-refractivity contribution in [3.63, 3.8) is 0 Å². The lowest BCUT2D eigenvalue weighted by Crippen LogP contribution is -2.38. The summed E-state index contributed by atoms with van der Waals surface area (Å²) in [5.74, 6) is 0.485. The van der Waals surface area contributed by atoms with Gasteiger partial charge in [0, 0.05) is 31.5 Å². The van der Waals surface area contributed by atoms with Crippen LogP contribution >= 0.6 is 11.3 Å². The molecule has 0 bridgehead atoms. The minimum atomic E-state index is -0.0977. The van der Waals surface area contributed by atoms with Crippen LogP contribution < -0.4 is 4.90 Å². The Hall–Kier alpha value is -2.47. The molecular formula is C20H23N3O2S. The number of benzene rings is 1. The SMILES string of the molecule is CC(=O)N(c1ccccc1)c1nc(/C=C/C(=O)N2CCCC(C)C2)cs1. The molecule has 0 radical (unpaired) electrons. The Morgan fingerprint density at radius 3 is 2.77 bits per heavy atom. The van der Waals surface area contributed by atoms with Gasteiger partial charge in [-0.1, -0.05) is 25.1 Å². The van der Waals surface area contributed by atoms with Gasteiger partial charge in [0.05, 0.1) is 11.4 Å². The highest BCUT2D eigenvalue weighted by molar-refractivity contribution is 7.14. The van der Waals surface area contributed by atoms with E-state index in [1.165, 1.54) is 24.7 Å². The molecule has 1 saturated heterocycles. The molecule has 0 spiro atoms. The summed E-state index contributed by atoms with van der Waals surface area (Å²) in [6, 6.07) is 9.43. The minimum Gasteiger partial charge on any atom is -0.339 e. The highest BCUT2D eigenvalue weighted by Crippen LogP contribution is 2.29. The number of para-hydroxylation sites is 1. The Labute approximate surface area is 158 Å². The van der Waals surface area contributed by atoms with Crippen molar-refractivity contribution in [3.8, 4) is 0 Å². The van der Waals surface area contributed by atoms with Crippen LogP contribution in [-0.2, 0) is 9.59 Å². The molecule has 5 nitrogen and oxygen atoms in total. The van der Waals surface area contributed by atoms with Crippen LogP contribution in [0.4, 0.5) is 10.8 Å². The quantitative estimate of drug-likeness (QED) is 0.763. The summed E-state index contributed by atoms with van der Waals surface area (Å²) >= 11 is 1.39. The van der Waals surface area contributed by atoms with Crippen LogP contribution in [0.1, 0.15) is 32.4 Å². The number of aromatic nitrogens is 1. The number of piperidine rings is 1. The van der Waals surface area contributed by atoms with Crippen LogP contribution in [0.5, 0.6) is 0 Å². The number of carbonyl (C=O) groups is 2. The standard InChI is InChI=1S/C20H23N3O2S/c1-15-7-6-12-22(13-15)19(25)11-10-17-14-26-20(21-17)23(16(2)24)18-8-4-3-5-9-18/h3-5,8-11,14-15H,6-7,12-13H2,1-2H3/b11-10+. The number of amides is 2. The molecule has 1 aromatic carbocycles. The van der Waals surface area contributed by atoms with Gasteiger partial charge in [-0.25, -0.2) is 4.98 Å². The summed E-state index contributed by atoms with van der Waals surface area (Å²) in [5.41, 5.74) is 1.47. The molecule has 1 aromatic heterocycles. The third kappa shape index (κ3) is 4.38. The van der Waals surface area contributed by atoms with Crippen LogP contribution in [0.3, 0.4) is 0 Å². The van der Waals surface area contributed by atoms with E-state index in [1.807, 2.05) is 40.6 Å². The van der Waals surface area contributed by atoms with Crippen molar-refractivity contribution >= 4 is 40.0 Å². The summed E-state index contributed by atoms with van der Waals surface area (Å²) in [7, 11) is 0. The van der Waals surface area contributed by atoms with Gasteiger partial charge in [0.15, 0.2) is 5.13 Å². The van der Waals surface area contributed by atoms with E-state index in [-0.39, 0.29) is 11.8 Å². The van der Waals surface area contributed by atoms with Gasteiger partial charge in [0.2, 0.25) is 11.8 Å². The molecule has 136 valence electrons. The summed E-state index contributed by atoms with van der Waals surface area (Å²) in [4.78, 5) is 32.4. The third-order valence-corrected chi connectivity index (χ3v) is 5.24. The second-order valence-electron chi connectivity index (χ2n) is 6.61. The van der Waals surface area contributed by atoms with Gasteiger partial charge < -0.3 is 4.90 Å². The van der Waals surface area contributed by atoms with Crippen LogP contribution in [-0.4, -0.2) is 34.8 Å². The number of hydrogen-bond acceptors (Lipinski definition) is 4. The van der Waals surface area contributed by atoms with Crippen molar-refractivity contribution in [2.75, 3.05) is 18.0 Å². The molecule has 0 saturated carbocycles. The average molecular weight is 369 g/mol. The van der Waals surface area contributed by atoms with Crippen LogP contribution in [0.25, 0.3) is 6.08 Å². The number of thiazole rings is 1. The molecule has 2 amide bonds. The molecule has 1 aliphatic rings. The molecule has 0 N–H and O–H groups in total. The molecule has 1 atom stereocenters. The fraction of sp³-hybridized carbons (Fsp3) is 0.350. The van der Waals surface area contributed by atoms with Gasteiger partial charge in [-0.05, 0) is 37.0 Å². The molecule has 1 aliphatic heterocycles. The Balaban J connectivity index is 1.72. The van der Waals surface area contributed by atoms with Gasteiger partial charge in [-0.15, -0.1) is 11.3 Å². The van der Waals surface area contributed by atoms with Gasteiger partial charge in [0.1, 0.15) is 0 Å². The van der Waals surface area contributed by atoms with E-state index in [9.17, 15) is 9.59 Å². The summed E-state index contributed by atoms with van der Waals surface area (Å²) in [6.07, 6.45) is 5.55. The van der Waals surface area contributed by atoms with Gasteiger partial charge in [-0.2, -0.15) is 0 Å². The van der Waals surface area contributed by atoms with E-state index in [0.29, 0.717) is 16.7 Å². The van der Waals surface area contributed by atoms with Crippen molar-refractivity contribution in [3.05, 3.63) is 47.5 Å². The zero-order valence-corrected chi connectivity index (χ0v) is 15.9. The maximum Gasteiger partial charge on any atom is 0.246 e. The maximum atomic E-state index is 12.3. The van der Waals surface area contributed by atoms with Crippen molar-refractivity contribution in [1.82, 2.24) is 9.88 Å². The van der Waals surface area contributed by atoms with E-state index in [2.05, 4.69) is 11.9 Å². The minimum absolute atomic E-state index is 0.0255. The van der Waals surface area contributed by atoms with Crippen molar-refractivity contribution < 1.29 is 9.59 Å². The Morgan fingerprint density at radius 2 is 2.08 bits per heavy atom. The Morgan fingerprint density at radius 1 is 1.31 bits per heavy atom. The van der Waals surface area contributed by atoms with E-state index in [0.717, 1.165) is 25.2 Å². The van der Waals surface area contributed by atoms with E-state index >= 15 is 0 Å². The highest BCUT2D eigenvalue weighted by atomic mass is 32.1. The molecule has 3 rings (SSSR count). The van der Waals surface area contributed by atoms with Gasteiger partial charge in [0.25, 0.3) is 0 Å². The highest BCUT2D eigenvalue weighted by Gasteiger charge is 2.20. The molecule has 6 heteroatoms. The Kier molecular flexibility index (Phi) is 5.83. The predicted octanol–water partition coefficient (Wildman–Crippen LogP) is 4.10. The third-order valence-electron chi connectivity index (χ3n) is 4.40. The number of nitrogens with zero attached hydrogens (tertiary/aromatic N) is 3. The van der Waals surface area contributed by atoms with Crippen LogP contribution in [0.2, 0.25) is 0 Å². The van der Waals surface area contributed by atoms with Gasteiger partial charge in [-0.3, -0.25) is 14.5 Å². The molecule has 2 aromatic rings. The smallest absolute Gasteiger partial charge is 0.246 e. The molecule has 1 unspecified atom stereocenters. The first-order valence-electron chi connectivity index (χ1n) is 8.83. The molecule has 2 heterocycles. The number of likely N-dealkylation sites (tertiary alicyclic amines) is 1.